The minimum Gasteiger partial charge on any atom is -0.461 e. The number of ether oxygens (including phenoxy) is 1. The third kappa shape index (κ3) is 2.99. The Balaban J connectivity index is 1.34. The smallest absolute Gasteiger partial charge is 0.323 e. The minimum atomic E-state index is -0.0648. The summed E-state index contributed by atoms with van der Waals surface area (Å²) in [6, 6.07) is 0.0685. The van der Waals surface area contributed by atoms with E-state index < -0.39 is 0 Å². The SMILES string of the molecule is C[C@@H]1C[C@@H](N2CCN([C@@H](C)c3nc(C4CC4)no3)CC2)C(=O)O1. The van der Waals surface area contributed by atoms with Crippen molar-refractivity contribution in [3.05, 3.63) is 11.7 Å². The van der Waals surface area contributed by atoms with Gasteiger partial charge >= 0.3 is 5.97 Å². The molecule has 0 spiro atoms. The molecule has 1 aromatic heterocycles. The molecule has 2 aliphatic heterocycles. The molecule has 3 heterocycles. The fraction of sp³-hybridized carbons (Fsp3) is 0.812. The van der Waals surface area contributed by atoms with Gasteiger partial charge < -0.3 is 9.26 Å². The number of hydrogen-bond donors (Lipinski definition) is 0. The molecule has 1 saturated carbocycles. The van der Waals surface area contributed by atoms with Crippen LogP contribution >= 0.6 is 0 Å². The second-order valence-electron chi connectivity index (χ2n) is 7.01. The zero-order valence-electron chi connectivity index (χ0n) is 13.8. The van der Waals surface area contributed by atoms with Crippen molar-refractivity contribution < 1.29 is 14.1 Å². The highest BCUT2D eigenvalue weighted by Crippen LogP contribution is 2.38. The number of hydrogen-bond acceptors (Lipinski definition) is 7. The van der Waals surface area contributed by atoms with E-state index in [2.05, 4.69) is 26.9 Å². The number of rotatable bonds is 4. The van der Waals surface area contributed by atoms with Crippen LogP contribution in [0.15, 0.2) is 4.52 Å². The number of carbonyl (C=O) groups excluding carboxylic acids is 1. The summed E-state index contributed by atoms with van der Waals surface area (Å²) in [5, 5.41) is 4.11. The van der Waals surface area contributed by atoms with Crippen LogP contribution in [-0.2, 0) is 9.53 Å². The molecule has 7 heteroatoms. The third-order valence-corrected chi connectivity index (χ3v) is 5.24. The normalized spacial score (nSPS) is 31.3. The average molecular weight is 320 g/mol. The Bertz CT molecular complexity index is 578. The van der Waals surface area contributed by atoms with E-state index in [0.29, 0.717) is 11.8 Å². The van der Waals surface area contributed by atoms with Gasteiger partial charge in [0.1, 0.15) is 12.1 Å². The van der Waals surface area contributed by atoms with Crippen molar-refractivity contribution >= 4 is 5.97 Å². The Morgan fingerprint density at radius 3 is 2.57 bits per heavy atom. The zero-order chi connectivity index (χ0) is 16.0. The Morgan fingerprint density at radius 2 is 1.96 bits per heavy atom. The van der Waals surface area contributed by atoms with Crippen molar-refractivity contribution in [2.75, 3.05) is 26.2 Å². The van der Waals surface area contributed by atoms with E-state index in [1.54, 1.807) is 0 Å². The average Bonchev–Trinajstić information content (AvgIpc) is 3.18. The lowest BCUT2D eigenvalue weighted by molar-refractivity contribution is -0.145. The zero-order valence-corrected chi connectivity index (χ0v) is 13.8. The van der Waals surface area contributed by atoms with Gasteiger partial charge in [-0.25, -0.2) is 0 Å². The first kappa shape index (κ1) is 15.1. The first-order valence-electron chi connectivity index (χ1n) is 8.64. The van der Waals surface area contributed by atoms with Gasteiger partial charge in [0.2, 0.25) is 5.89 Å². The maximum absolute atomic E-state index is 11.9. The van der Waals surface area contributed by atoms with Crippen LogP contribution < -0.4 is 0 Å². The number of piperazine rings is 1. The molecule has 0 N–H and O–H groups in total. The highest BCUT2D eigenvalue weighted by molar-refractivity contribution is 5.78. The van der Waals surface area contributed by atoms with E-state index in [4.69, 9.17) is 9.26 Å². The first-order chi connectivity index (χ1) is 11.1. The number of carbonyl (C=O) groups is 1. The molecular formula is C16H24N4O3. The summed E-state index contributed by atoms with van der Waals surface area (Å²) >= 11 is 0. The largest absolute Gasteiger partial charge is 0.461 e. The highest BCUT2D eigenvalue weighted by Gasteiger charge is 2.38. The monoisotopic (exact) mass is 320 g/mol. The molecule has 126 valence electrons. The molecule has 0 aromatic carbocycles. The Morgan fingerprint density at radius 1 is 1.22 bits per heavy atom. The standard InChI is InChI=1S/C16H24N4O3/c1-10-9-13(16(21)22-10)20-7-5-19(6-8-20)11(2)15-17-14(18-23-15)12-3-4-12/h10-13H,3-9H2,1-2H3/t10-,11+,13-/m1/s1. The van der Waals surface area contributed by atoms with Gasteiger partial charge in [0, 0.05) is 38.5 Å². The fourth-order valence-electron chi connectivity index (χ4n) is 3.55. The molecular weight excluding hydrogens is 296 g/mol. The highest BCUT2D eigenvalue weighted by atomic mass is 16.6. The minimum absolute atomic E-state index is 0.0451. The lowest BCUT2D eigenvalue weighted by Crippen LogP contribution is -2.52. The topological polar surface area (TPSA) is 71.7 Å². The van der Waals surface area contributed by atoms with Crippen molar-refractivity contribution in [2.45, 2.75) is 57.2 Å². The summed E-state index contributed by atoms with van der Waals surface area (Å²) in [5.41, 5.74) is 0. The lowest BCUT2D eigenvalue weighted by atomic mass is 10.1. The van der Waals surface area contributed by atoms with E-state index in [1.165, 1.54) is 12.8 Å². The molecule has 23 heavy (non-hydrogen) atoms. The van der Waals surface area contributed by atoms with Gasteiger partial charge in [-0.1, -0.05) is 5.16 Å². The fourth-order valence-corrected chi connectivity index (χ4v) is 3.55. The van der Waals surface area contributed by atoms with Crippen molar-refractivity contribution in [3.63, 3.8) is 0 Å². The summed E-state index contributed by atoms with van der Waals surface area (Å²) in [5.74, 6) is 2.04. The Kier molecular flexibility index (Phi) is 3.85. The van der Waals surface area contributed by atoms with Crippen LogP contribution in [0.5, 0.6) is 0 Å². The first-order valence-corrected chi connectivity index (χ1v) is 8.64. The van der Waals surface area contributed by atoms with Crippen LogP contribution in [-0.4, -0.2) is 64.2 Å². The molecule has 2 saturated heterocycles. The van der Waals surface area contributed by atoms with Gasteiger partial charge in [-0.05, 0) is 26.7 Å². The Hall–Kier alpha value is -1.47. The predicted octanol–water partition coefficient (Wildman–Crippen LogP) is 1.33. The van der Waals surface area contributed by atoms with Crippen LogP contribution in [0.2, 0.25) is 0 Å². The van der Waals surface area contributed by atoms with Crippen LogP contribution in [0.1, 0.15) is 56.8 Å². The van der Waals surface area contributed by atoms with Crippen molar-refractivity contribution in [1.29, 1.82) is 0 Å². The molecule has 3 fully saturated rings. The molecule has 1 aromatic rings. The summed E-state index contributed by atoms with van der Waals surface area (Å²) in [7, 11) is 0. The van der Waals surface area contributed by atoms with E-state index >= 15 is 0 Å². The van der Waals surface area contributed by atoms with Crippen LogP contribution in [0, 0.1) is 0 Å². The number of aromatic nitrogens is 2. The van der Waals surface area contributed by atoms with Crippen molar-refractivity contribution in [2.24, 2.45) is 0 Å². The van der Waals surface area contributed by atoms with Gasteiger partial charge in [0.05, 0.1) is 6.04 Å². The molecule has 4 rings (SSSR count). The number of esters is 1. The lowest BCUT2D eigenvalue weighted by Gasteiger charge is -2.38. The summed E-state index contributed by atoms with van der Waals surface area (Å²) in [6.07, 6.45) is 3.22. The number of nitrogens with zero attached hydrogens (tertiary/aromatic N) is 4. The third-order valence-electron chi connectivity index (χ3n) is 5.24. The molecule has 3 atom stereocenters. The van der Waals surface area contributed by atoms with Crippen LogP contribution in [0.25, 0.3) is 0 Å². The molecule has 0 unspecified atom stereocenters. The van der Waals surface area contributed by atoms with E-state index in [1.807, 2.05) is 6.92 Å². The van der Waals surface area contributed by atoms with E-state index in [-0.39, 0.29) is 24.2 Å². The predicted molar refractivity (Wildman–Crippen MR) is 81.8 cm³/mol. The Labute approximate surface area is 136 Å². The van der Waals surface area contributed by atoms with Gasteiger partial charge in [0.15, 0.2) is 5.82 Å². The van der Waals surface area contributed by atoms with Gasteiger partial charge in [-0.3, -0.25) is 14.6 Å². The second-order valence-corrected chi connectivity index (χ2v) is 7.01. The molecule has 0 bridgehead atoms. The molecule has 0 radical (unpaired) electrons. The molecule has 3 aliphatic rings. The van der Waals surface area contributed by atoms with Crippen LogP contribution in [0.4, 0.5) is 0 Å². The quantitative estimate of drug-likeness (QED) is 0.775. The molecule has 0 amide bonds. The molecule has 7 nitrogen and oxygen atoms in total. The summed E-state index contributed by atoms with van der Waals surface area (Å²) < 4.78 is 10.7. The van der Waals surface area contributed by atoms with E-state index in [9.17, 15) is 4.79 Å². The van der Waals surface area contributed by atoms with Crippen LogP contribution in [0.3, 0.4) is 0 Å². The van der Waals surface area contributed by atoms with Gasteiger partial charge in [-0.2, -0.15) is 4.98 Å². The molecule has 1 aliphatic carbocycles. The number of cyclic esters (lactones) is 1. The van der Waals surface area contributed by atoms with Crippen molar-refractivity contribution in [1.82, 2.24) is 19.9 Å². The summed E-state index contributed by atoms with van der Waals surface area (Å²) in [4.78, 5) is 21.0. The van der Waals surface area contributed by atoms with Gasteiger partial charge in [-0.15, -0.1) is 0 Å². The van der Waals surface area contributed by atoms with E-state index in [0.717, 1.165) is 38.4 Å². The summed E-state index contributed by atoms with van der Waals surface area (Å²) in [6.45, 7) is 7.64. The second kappa shape index (κ2) is 5.87. The van der Waals surface area contributed by atoms with Gasteiger partial charge in [0.25, 0.3) is 0 Å². The maximum atomic E-state index is 11.9. The maximum Gasteiger partial charge on any atom is 0.323 e. The van der Waals surface area contributed by atoms with Crippen molar-refractivity contribution in [3.8, 4) is 0 Å².